The molecule has 1 heterocycles. The molecule has 5 nitrogen and oxygen atoms in total. The number of benzene rings is 1. The maximum Gasteiger partial charge on any atom is 0.233 e. The monoisotopic (exact) mass is 217 g/mol. The minimum absolute atomic E-state index is 0.124. The van der Waals surface area contributed by atoms with Crippen LogP contribution in [0.1, 0.15) is 13.3 Å². The first-order valence-corrected chi connectivity index (χ1v) is 4.89. The summed E-state index contributed by atoms with van der Waals surface area (Å²) >= 11 is 0. The molecule has 0 saturated heterocycles. The number of nitrogens with one attached hydrogen (secondary N) is 2. The first kappa shape index (κ1) is 10.4. The van der Waals surface area contributed by atoms with Gasteiger partial charge in [0.05, 0.1) is 11.9 Å². The maximum absolute atomic E-state index is 11.4. The summed E-state index contributed by atoms with van der Waals surface area (Å²) in [5, 5.41) is 10.2. The van der Waals surface area contributed by atoms with E-state index < -0.39 is 0 Å². The second-order valence-electron chi connectivity index (χ2n) is 3.54. The molecule has 1 aromatic carbocycles. The van der Waals surface area contributed by atoms with Gasteiger partial charge in [0.2, 0.25) is 5.91 Å². The molecule has 1 aromatic heterocycles. The highest BCUT2D eigenvalue weighted by Gasteiger charge is 2.09. The number of nitrogens with zero attached hydrogens (tertiary/aromatic N) is 1. The number of hydrogen-bond donors (Lipinski definition) is 2. The van der Waals surface area contributed by atoms with Crippen LogP contribution in [0, 0.1) is 0 Å². The lowest BCUT2D eigenvalue weighted by Gasteiger charge is -1.99. The van der Waals surface area contributed by atoms with Crippen LogP contribution in [0.15, 0.2) is 24.3 Å². The Balaban J connectivity index is 2.21. The summed E-state index contributed by atoms with van der Waals surface area (Å²) in [6.45, 7) is 1.38. The van der Waals surface area contributed by atoms with E-state index in [4.69, 9.17) is 0 Å². The summed E-state index contributed by atoms with van der Waals surface area (Å²) < 4.78 is 0. The number of rotatable bonds is 3. The Hall–Kier alpha value is -2.17. The molecule has 0 aliphatic carbocycles. The van der Waals surface area contributed by atoms with E-state index in [2.05, 4.69) is 15.5 Å². The number of hydrogen-bond acceptors (Lipinski definition) is 3. The van der Waals surface area contributed by atoms with E-state index in [9.17, 15) is 9.59 Å². The van der Waals surface area contributed by atoms with Crippen molar-refractivity contribution < 1.29 is 9.59 Å². The predicted molar refractivity (Wildman–Crippen MR) is 60.0 cm³/mol. The van der Waals surface area contributed by atoms with E-state index >= 15 is 0 Å². The third-order valence-corrected chi connectivity index (χ3v) is 2.14. The fourth-order valence-corrected chi connectivity index (χ4v) is 1.46. The molecule has 0 saturated carbocycles. The summed E-state index contributed by atoms with van der Waals surface area (Å²) in [6, 6.07) is 7.45. The Bertz CT molecular complexity index is 545. The molecule has 0 unspecified atom stereocenters. The van der Waals surface area contributed by atoms with Gasteiger partial charge in [0.1, 0.15) is 5.78 Å². The second kappa shape index (κ2) is 4.14. The van der Waals surface area contributed by atoms with Crippen molar-refractivity contribution in [3.63, 3.8) is 0 Å². The van der Waals surface area contributed by atoms with E-state index in [-0.39, 0.29) is 18.1 Å². The van der Waals surface area contributed by atoms with Gasteiger partial charge >= 0.3 is 0 Å². The Morgan fingerprint density at radius 2 is 2.12 bits per heavy atom. The summed E-state index contributed by atoms with van der Waals surface area (Å²) in [5.41, 5.74) is 0.848. The number of para-hydroxylation sites is 1. The molecule has 16 heavy (non-hydrogen) atoms. The third kappa shape index (κ3) is 2.08. The lowest BCUT2D eigenvalue weighted by Crippen LogP contribution is -2.15. The fraction of sp³-hybridized carbons (Fsp3) is 0.182. The molecule has 2 aromatic rings. The van der Waals surface area contributed by atoms with Gasteiger partial charge < -0.3 is 5.32 Å². The number of Topliss-reactive ketones (excluding diaryl/α,β-unsaturated/α-hetero) is 1. The highest BCUT2D eigenvalue weighted by molar-refractivity contribution is 6.06. The number of carbonyl (C=O) groups excluding carboxylic acids is 2. The third-order valence-electron chi connectivity index (χ3n) is 2.14. The van der Waals surface area contributed by atoms with Crippen LogP contribution in [0.25, 0.3) is 10.9 Å². The molecule has 0 bridgehead atoms. The molecule has 0 fully saturated rings. The second-order valence-corrected chi connectivity index (χ2v) is 3.54. The maximum atomic E-state index is 11.4. The van der Waals surface area contributed by atoms with Gasteiger partial charge in [0.15, 0.2) is 5.82 Å². The lowest BCUT2D eigenvalue weighted by molar-refractivity contribution is -0.124. The molecular weight excluding hydrogens is 206 g/mol. The zero-order valence-corrected chi connectivity index (χ0v) is 8.78. The molecule has 2 N–H and O–H groups in total. The van der Waals surface area contributed by atoms with Crippen molar-refractivity contribution in [3.8, 4) is 0 Å². The van der Waals surface area contributed by atoms with Gasteiger partial charge in [0.25, 0.3) is 0 Å². The quantitative estimate of drug-likeness (QED) is 0.764. The number of aromatic nitrogens is 2. The van der Waals surface area contributed by atoms with E-state index in [1.54, 1.807) is 0 Å². The topological polar surface area (TPSA) is 74.8 Å². The summed E-state index contributed by atoms with van der Waals surface area (Å²) in [7, 11) is 0. The Labute approximate surface area is 91.8 Å². The average molecular weight is 217 g/mol. The summed E-state index contributed by atoms with van der Waals surface area (Å²) in [4.78, 5) is 22.1. The van der Waals surface area contributed by atoms with E-state index in [0.29, 0.717) is 5.82 Å². The van der Waals surface area contributed by atoms with Crippen LogP contribution in [-0.4, -0.2) is 21.9 Å². The number of amides is 1. The Morgan fingerprint density at radius 1 is 1.38 bits per heavy atom. The van der Waals surface area contributed by atoms with Crippen molar-refractivity contribution in [1.82, 2.24) is 10.2 Å². The molecule has 0 aliphatic heterocycles. The van der Waals surface area contributed by atoms with Crippen molar-refractivity contribution in [2.75, 3.05) is 5.32 Å². The first-order valence-electron chi connectivity index (χ1n) is 4.89. The number of H-pyrrole nitrogens is 1. The molecule has 1 amide bonds. The van der Waals surface area contributed by atoms with Crippen LogP contribution in [0.5, 0.6) is 0 Å². The summed E-state index contributed by atoms with van der Waals surface area (Å²) in [5.74, 6) is -0.0519. The van der Waals surface area contributed by atoms with E-state index in [1.165, 1.54) is 6.92 Å². The van der Waals surface area contributed by atoms with Crippen LogP contribution >= 0.6 is 0 Å². The van der Waals surface area contributed by atoms with Crippen molar-refractivity contribution in [2.45, 2.75) is 13.3 Å². The van der Waals surface area contributed by atoms with Crippen LogP contribution in [0.4, 0.5) is 5.82 Å². The number of ketones is 1. The average Bonchev–Trinajstić information content (AvgIpc) is 2.61. The van der Waals surface area contributed by atoms with Crippen LogP contribution in [0.3, 0.4) is 0 Å². The van der Waals surface area contributed by atoms with Gasteiger partial charge in [-0.1, -0.05) is 12.1 Å². The summed E-state index contributed by atoms with van der Waals surface area (Å²) in [6.07, 6.45) is -0.124. The molecule has 0 atom stereocenters. The van der Waals surface area contributed by atoms with Crippen LogP contribution < -0.4 is 5.32 Å². The number of anilines is 1. The smallest absolute Gasteiger partial charge is 0.233 e. The molecule has 82 valence electrons. The predicted octanol–water partition coefficient (Wildman–Crippen LogP) is 1.48. The SMILES string of the molecule is CC(=O)CC(=O)Nc1n[nH]c2ccccc12. The molecule has 2 rings (SSSR count). The van der Waals surface area contributed by atoms with E-state index in [0.717, 1.165) is 10.9 Å². The zero-order chi connectivity index (χ0) is 11.5. The van der Waals surface area contributed by atoms with Gasteiger partial charge in [-0.05, 0) is 19.1 Å². The first-order chi connectivity index (χ1) is 7.66. The van der Waals surface area contributed by atoms with Crippen LogP contribution in [0.2, 0.25) is 0 Å². The van der Waals surface area contributed by atoms with Crippen molar-refractivity contribution >= 4 is 28.4 Å². The molecular formula is C11H11N3O2. The standard InChI is InChI=1S/C11H11N3O2/c1-7(15)6-10(16)12-11-8-4-2-3-5-9(8)13-14-11/h2-5H,6H2,1H3,(H2,12,13,14,16). The van der Waals surface area contributed by atoms with Crippen molar-refractivity contribution in [3.05, 3.63) is 24.3 Å². The fourth-order valence-electron chi connectivity index (χ4n) is 1.46. The number of carbonyl (C=O) groups is 2. The van der Waals surface area contributed by atoms with Gasteiger partial charge in [0, 0.05) is 5.39 Å². The van der Waals surface area contributed by atoms with Gasteiger partial charge in [-0.2, -0.15) is 5.10 Å². The van der Waals surface area contributed by atoms with Gasteiger partial charge in [-0.15, -0.1) is 0 Å². The minimum Gasteiger partial charge on any atom is -0.308 e. The normalized spacial score (nSPS) is 10.3. The minimum atomic E-state index is -0.343. The highest BCUT2D eigenvalue weighted by Crippen LogP contribution is 2.19. The largest absolute Gasteiger partial charge is 0.308 e. The van der Waals surface area contributed by atoms with Crippen LogP contribution in [-0.2, 0) is 9.59 Å². The number of aromatic amines is 1. The lowest BCUT2D eigenvalue weighted by atomic mass is 10.2. The molecule has 0 radical (unpaired) electrons. The van der Waals surface area contributed by atoms with Crippen molar-refractivity contribution in [1.29, 1.82) is 0 Å². The van der Waals surface area contributed by atoms with Gasteiger partial charge in [-0.3, -0.25) is 14.7 Å². The zero-order valence-electron chi connectivity index (χ0n) is 8.78. The number of fused-ring (bicyclic) bond motifs is 1. The Morgan fingerprint density at radius 3 is 2.88 bits per heavy atom. The van der Waals surface area contributed by atoms with E-state index in [1.807, 2.05) is 24.3 Å². The molecule has 5 heteroatoms. The molecule has 0 spiro atoms. The van der Waals surface area contributed by atoms with Gasteiger partial charge in [-0.25, -0.2) is 0 Å². The highest BCUT2D eigenvalue weighted by atomic mass is 16.2. The molecule has 0 aliphatic rings. The Kier molecular flexibility index (Phi) is 2.68. The van der Waals surface area contributed by atoms with Crippen molar-refractivity contribution in [2.24, 2.45) is 0 Å².